The summed E-state index contributed by atoms with van der Waals surface area (Å²) in [6.45, 7) is 0.960. The highest BCUT2D eigenvalue weighted by Crippen LogP contribution is 2.26. The number of morpholine rings is 1. The Morgan fingerprint density at radius 1 is 1.03 bits per heavy atom. The van der Waals surface area contributed by atoms with E-state index in [0.29, 0.717) is 36.7 Å². The average molecular weight is 490 g/mol. The number of benzene rings is 2. The van der Waals surface area contributed by atoms with E-state index in [0.717, 1.165) is 27.9 Å². The van der Waals surface area contributed by atoms with Gasteiger partial charge < -0.3 is 14.2 Å². The minimum atomic E-state index is -3.60. The van der Waals surface area contributed by atoms with Crippen molar-refractivity contribution in [3.05, 3.63) is 59.0 Å². The molecule has 10 heteroatoms. The molecule has 0 saturated carbocycles. The maximum absolute atomic E-state index is 12.7. The second kappa shape index (κ2) is 10.0. The molecular formula is C23H23NO7S2. The Morgan fingerprint density at radius 2 is 1.76 bits per heavy atom. The monoisotopic (exact) mass is 489 g/mol. The summed E-state index contributed by atoms with van der Waals surface area (Å²) >= 11 is 1.03. The summed E-state index contributed by atoms with van der Waals surface area (Å²) in [6, 6.07) is 13.9. The Kier molecular flexibility index (Phi) is 7.08. The molecule has 33 heavy (non-hydrogen) atoms. The van der Waals surface area contributed by atoms with Crippen LogP contribution in [0.25, 0.3) is 10.8 Å². The molecule has 1 aromatic heterocycles. The molecule has 1 aliphatic heterocycles. The zero-order chi connectivity index (χ0) is 23.4. The lowest BCUT2D eigenvalue weighted by Crippen LogP contribution is -2.40. The van der Waals surface area contributed by atoms with Gasteiger partial charge in [-0.15, -0.1) is 11.3 Å². The van der Waals surface area contributed by atoms with Crippen molar-refractivity contribution in [2.45, 2.75) is 10.6 Å². The lowest BCUT2D eigenvalue weighted by molar-refractivity contribution is -0.141. The van der Waals surface area contributed by atoms with Gasteiger partial charge in [-0.1, -0.05) is 18.2 Å². The molecule has 1 aliphatic rings. The number of esters is 1. The summed E-state index contributed by atoms with van der Waals surface area (Å²) in [5, 5.41) is 1.81. The maximum atomic E-state index is 12.7. The highest BCUT2D eigenvalue weighted by molar-refractivity contribution is 7.91. The van der Waals surface area contributed by atoms with Gasteiger partial charge in [0.05, 0.1) is 26.7 Å². The number of fused-ring (bicyclic) bond motifs is 1. The fourth-order valence-corrected chi connectivity index (χ4v) is 6.36. The van der Waals surface area contributed by atoms with Crippen LogP contribution in [0.3, 0.4) is 0 Å². The fraction of sp³-hybridized carbons (Fsp3) is 0.304. The summed E-state index contributed by atoms with van der Waals surface area (Å²) < 4.78 is 42.5. The van der Waals surface area contributed by atoms with Crippen LogP contribution in [0.15, 0.2) is 52.7 Å². The third kappa shape index (κ3) is 5.41. The first-order valence-corrected chi connectivity index (χ1v) is 12.6. The first-order valence-electron chi connectivity index (χ1n) is 10.3. The number of thiophene rings is 1. The van der Waals surface area contributed by atoms with Crippen LogP contribution in [0.2, 0.25) is 0 Å². The van der Waals surface area contributed by atoms with Crippen molar-refractivity contribution in [1.82, 2.24) is 4.31 Å². The predicted molar refractivity (Wildman–Crippen MR) is 123 cm³/mol. The topological polar surface area (TPSA) is 99.2 Å². The smallest absolute Gasteiger partial charge is 0.311 e. The molecule has 3 aromatic rings. The Balaban J connectivity index is 1.34. The van der Waals surface area contributed by atoms with Gasteiger partial charge in [0.15, 0.2) is 12.4 Å². The first-order chi connectivity index (χ1) is 15.9. The minimum absolute atomic E-state index is 0.103. The molecule has 0 aliphatic carbocycles. The maximum Gasteiger partial charge on any atom is 0.311 e. The number of ketones is 1. The third-order valence-corrected chi connectivity index (χ3v) is 8.70. The van der Waals surface area contributed by atoms with E-state index in [2.05, 4.69) is 0 Å². The second-order valence-corrected chi connectivity index (χ2v) is 10.8. The zero-order valence-electron chi connectivity index (χ0n) is 18.0. The van der Waals surface area contributed by atoms with Crippen molar-refractivity contribution < 1.29 is 32.2 Å². The number of sulfonamides is 1. The van der Waals surface area contributed by atoms with Crippen molar-refractivity contribution in [2.24, 2.45) is 0 Å². The number of carbonyl (C=O) groups excluding carboxylic acids is 2. The van der Waals surface area contributed by atoms with E-state index >= 15 is 0 Å². The molecular weight excluding hydrogens is 466 g/mol. The Bertz CT molecular complexity index is 1280. The number of carbonyl (C=O) groups is 2. The number of hydrogen-bond acceptors (Lipinski definition) is 8. The van der Waals surface area contributed by atoms with Crippen molar-refractivity contribution in [2.75, 3.05) is 40.0 Å². The third-order valence-electron chi connectivity index (χ3n) is 5.25. The molecule has 0 unspecified atom stereocenters. The van der Waals surface area contributed by atoms with Gasteiger partial charge in [0.25, 0.3) is 10.0 Å². The van der Waals surface area contributed by atoms with Crippen LogP contribution in [0.5, 0.6) is 5.75 Å². The van der Waals surface area contributed by atoms with Gasteiger partial charge in [-0.25, -0.2) is 8.42 Å². The summed E-state index contributed by atoms with van der Waals surface area (Å²) in [5.74, 6) is -0.182. The molecule has 1 fully saturated rings. The molecule has 1 saturated heterocycles. The van der Waals surface area contributed by atoms with E-state index in [-0.39, 0.29) is 23.0 Å². The summed E-state index contributed by atoms with van der Waals surface area (Å²) in [4.78, 5) is 25.3. The molecule has 0 N–H and O–H groups in total. The van der Waals surface area contributed by atoms with Crippen LogP contribution in [-0.2, 0) is 30.7 Å². The standard InChI is InChI=1S/C23H23NO7S2/c1-29-19-5-4-16-12-18(3-2-17(16)13-19)21(25)15-31-22(26)14-20-6-7-23(32-20)33(27,28)24-8-10-30-11-9-24/h2-7,12-13H,8-11,14-15H2,1H3. The highest BCUT2D eigenvalue weighted by atomic mass is 32.2. The van der Waals surface area contributed by atoms with Gasteiger partial charge in [-0.05, 0) is 41.1 Å². The van der Waals surface area contributed by atoms with Crippen LogP contribution in [0.4, 0.5) is 0 Å². The summed E-state index contributed by atoms with van der Waals surface area (Å²) in [5.41, 5.74) is 0.440. The van der Waals surface area contributed by atoms with Gasteiger partial charge >= 0.3 is 5.97 Å². The lowest BCUT2D eigenvalue weighted by Gasteiger charge is -2.25. The van der Waals surface area contributed by atoms with E-state index in [1.165, 1.54) is 10.4 Å². The largest absolute Gasteiger partial charge is 0.497 e. The number of ether oxygens (including phenoxy) is 3. The second-order valence-electron chi connectivity index (χ2n) is 7.43. The van der Waals surface area contributed by atoms with Crippen molar-refractivity contribution >= 4 is 43.9 Å². The Hall–Kier alpha value is -2.79. The molecule has 0 amide bonds. The van der Waals surface area contributed by atoms with E-state index in [4.69, 9.17) is 14.2 Å². The van der Waals surface area contributed by atoms with E-state index in [1.54, 1.807) is 25.3 Å². The molecule has 0 radical (unpaired) electrons. The lowest BCUT2D eigenvalue weighted by atomic mass is 10.0. The van der Waals surface area contributed by atoms with E-state index < -0.39 is 16.0 Å². The van der Waals surface area contributed by atoms with Crippen LogP contribution >= 0.6 is 11.3 Å². The predicted octanol–water partition coefficient (Wildman–Crippen LogP) is 2.90. The van der Waals surface area contributed by atoms with Gasteiger partial charge in [0.2, 0.25) is 0 Å². The van der Waals surface area contributed by atoms with E-state index in [1.807, 2.05) is 24.3 Å². The number of Topliss-reactive ketones (excluding diaryl/α,β-unsaturated/α-hetero) is 1. The molecule has 0 spiro atoms. The summed E-state index contributed by atoms with van der Waals surface area (Å²) in [7, 11) is -2.01. The van der Waals surface area contributed by atoms with Crippen molar-refractivity contribution in [3.63, 3.8) is 0 Å². The molecule has 174 valence electrons. The fourth-order valence-electron chi connectivity index (χ4n) is 3.45. The average Bonchev–Trinajstić information content (AvgIpc) is 3.31. The molecule has 0 atom stereocenters. The van der Waals surface area contributed by atoms with Crippen molar-refractivity contribution in [1.29, 1.82) is 0 Å². The SMILES string of the molecule is COc1ccc2cc(C(=O)COC(=O)Cc3ccc(S(=O)(=O)N4CCOCC4)s3)ccc2c1. The Morgan fingerprint density at radius 3 is 2.52 bits per heavy atom. The number of methoxy groups -OCH3 is 1. The summed E-state index contributed by atoms with van der Waals surface area (Å²) in [6.07, 6.45) is -0.103. The molecule has 8 nitrogen and oxygen atoms in total. The van der Waals surface area contributed by atoms with Crippen LogP contribution in [0, 0.1) is 0 Å². The normalized spacial score (nSPS) is 14.8. The van der Waals surface area contributed by atoms with Gasteiger partial charge in [-0.3, -0.25) is 9.59 Å². The number of hydrogen-bond donors (Lipinski definition) is 0. The first kappa shape index (κ1) is 23.4. The van der Waals surface area contributed by atoms with Crippen LogP contribution in [0.1, 0.15) is 15.2 Å². The van der Waals surface area contributed by atoms with E-state index in [9.17, 15) is 18.0 Å². The zero-order valence-corrected chi connectivity index (χ0v) is 19.6. The van der Waals surface area contributed by atoms with Gasteiger partial charge in [-0.2, -0.15) is 4.31 Å². The number of nitrogens with zero attached hydrogens (tertiary/aromatic N) is 1. The van der Waals surface area contributed by atoms with Crippen LogP contribution < -0.4 is 4.74 Å². The molecule has 2 heterocycles. The minimum Gasteiger partial charge on any atom is -0.497 e. The molecule has 4 rings (SSSR count). The molecule has 2 aromatic carbocycles. The number of rotatable bonds is 8. The Labute approximate surface area is 195 Å². The quantitative estimate of drug-likeness (QED) is 0.354. The van der Waals surface area contributed by atoms with Gasteiger partial charge in [0.1, 0.15) is 9.96 Å². The van der Waals surface area contributed by atoms with Crippen molar-refractivity contribution in [3.8, 4) is 5.75 Å². The highest BCUT2D eigenvalue weighted by Gasteiger charge is 2.28. The van der Waals surface area contributed by atoms with Gasteiger partial charge in [0, 0.05) is 23.5 Å². The van der Waals surface area contributed by atoms with Crippen LogP contribution in [-0.4, -0.2) is 64.5 Å². The molecule has 0 bridgehead atoms.